The molecule has 3 aromatic carbocycles. The summed E-state index contributed by atoms with van der Waals surface area (Å²) in [7, 11) is 0. The lowest BCUT2D eigenvalue weighted by atomic mass is 10.0. The third-order valence-corrected chi connectivity index (χ3v) is 6.04. The van der Waals surface area contributed by atoms with Crippen molar-refractivity contribution in [1.29, 1.82) is 0 Å². The first kappa shape index (κ1) is 21.8. The summed E-state index contributed by atoms with van der Waals surface area (Å²) in [4.78, 5) is 16.0. The summed E-state index contributed by atoms with van der Waals surface area (Å²) in [6.07, 6.45) is 3.42. The third-order valence-electron chi connectivity index (χ3n) is 5.20. The standard InChI is InChI=1S/C28H25NO2S/c30-27(16-14-26-12-7-17-32-26)24-13-15-28(31)25(18-24)21-29(19-22-8-3-1-4-9-22)20-23-10-5-2-6-11-23/h1-18,31H,19-21H2/b16-14+. The number of carbonyl (C=O) groups is 1. The van der Waals surface area contributed by atoms with Crippen LogP contribution >= 0.6 is 11.3 Å². The Morgan fingerprint density at radius 3 is 2.06 bits per heavy atom. The summed E-state index contributed by atoms with van der Waals surface area (Å²) >= 11 is 1.59. The summed E-state index contributed by atoms with van der Waals surface area (Å²) in [5.41, 5.74) is 3.72. The van der Waals surface area contributed by atoms with Gasteiger partial charge in [-0.25, -0.2) is 0 Å². The van der Waals surface area contributed by atoms with Crippen molar-refractivity contribution in [3.05, 3.63) is 130 Å². The van der Waals surface area contributed by atoms with Crippen LogP contribution in [0, 0.1) is 0 Å². The van der Waals surface area contributed by atoms with Crippen LogP contribution in [0.15, 0.2) is 102 Å². The largest absolute Gasteiger partial charge is 0.508 e. The number of hydrogen-bond acceptors (Lipinski definition) is 4. The first-order valence-corrected chi connectivity index (χ1v) is 11.4. The highest BCUT2D eigenvalue weighted by Crippen LogP contribution is 2.23. The van der Waals surface area contributed by atoms with Crippen LogP contribution in [0.25, 0.3) is 6.08 Å². The molecule has 4 rings (SSSR count). The van der Waals surface area contributed by atoms with Gasteiger partial charge in [-0.3, -0.25) is 9.69 Å². The molecule has 1 heterocycles. The Balaban J connectivity index is 1.55. The molecule has 0 spiro atoms. The number of thiophene rings is 1. The Kier molecular flexibility index (Phi) is 7.28. The molecule has 0 fully saturated rings. The number of phenolic OH excluding ortho intramolecular Hbond substituents is 1. The Hall–Kier alpha value is -3.47. The number of phenols is 1. The van der Waals surface area contributed by atoms with E-state index in [0.29, 0.717) is 12.1 Å². The van der Waals surface area contributed by atoms with Crippen LogP contribution in [0.4, 0.5) is 0 Å². The number of carbonyl (C=O) groups excluding carboxylic acids is 1. The van der Waals surface area contributed by atoms with Crippen LogP contribution in [0.5, 0.6) is 5.75 Å². The third kappa shape index (κ3) is 6.03. The molecule has 0 aliphatic carbocycles. The predicted octanol–water partition coefficient (Wildman–Crippen LogP) is 6.55. The zero-order valence-electron chi connectivity index (χ0n) is 17.7. The summed E-state index contributed by atoms with van der Waals surface area (Å²) in [6, 6.07) is 29.6. The molecule has 3 nitrogen and oxygen atoms in total. The lowest BCUT2D eigenvalue weighted by molar-refractivity contribution is 0.104. The van der Waals surface area contributed by atoms with E-state index in [2.05, 4.69) is 29.2 Å². The summed E-state index contributed by atoms with van der Waals surface area (Å²) in [5, 5.41) is 12.5. The molecule has 32 heavy (non-hydrogen) atoms. The molecule has 0 unspecified atom stereocenters. The minimum atomic E-state index is -0.0719. The van der Waals surface area contributed by atoms with Crippen LogP contribution < -0.4 is 0 Å². The number of benzene rings is 3. The number of aromatic hydroxyl groups is 1. The van der Waals surface area contributed by atoms with Gasteiger partial charge in [0.25, 0.3) is 0 Å². The minimum Gasteiger partial charge on any atom is -0.508 e. The van der Waals surface area contributed by atoms with Crippen molar-refractivity contribution in [2.24, 2.45) is 0 Å². The second kappa shape index (κ2) is 10.7. The van der Waals surface area contributed by atoms with Gasteiger partial charge < -0.3 is 5.11 Å². The topological polar surface area (TPSA) is 40.5 Å². The van der Waals surface area contributed by atoms with Gasteiger partial charge in [0.15, 0.2) is 5.78 Å². The summed E-state index contributed by atoms with van der Waals surface area (Å²) in [6.45, 7) is 2.02. The zero-order valence-corrected chi connectivity index (χ0v) is 18.5. The summed E-state index contributed by atoms with van der Waals surface area (Å²) < 4.78 is 0. The number of hydrogen-bond donors (Lipinski definition) is 1. The maximum atomic E-state index is 12.7. The van der Waals surface area contributed by atoms with Crippen molar-refractivity contribution < 1.29 is 9.90 Å². The monoisotopic (exact) mass is 439 g/mol. The lowest BCUT2D eigenvalue weighted by Gasteiger charge is -2.23. The molecule has 0 radical (unpaired) electrons. The number of allylic oxidation sites excluding steroid dienone is 1. The molecule has 0 atom stereocenters. The van der Waals surface area contributed by atoms with E-state index in [0.717, 1.165) is 23.5 Å². The first-order valence-electron chi connectivity index (χ1n) is 10.6. The second-order valence-corrected chi connectivity index (χ2v) is 8.65. The average molecular weight is 440 g/mol. The van der Waals surface area contributed by atoms with E-state index in [-0.39, 0.29) is 11.5 Å². The van der Waals surface area contributed by atoms with Gasteiger partial charge in [-0.2, -0.15) is 0 Å². The smallest absolute Gasteiger partial charge is 0.185 e. The molecule has 0 amide bonds. The van der Waals surface area contributed by atoms with Crippen molar-refractivity contribution in [1.82, 2.24) is 4.90 Å². The van der Waals surface area contributed by atoms with E-state index in [1.165, 1.54) is 11.1 Å². The van der Waals surface area contributed by atoms with E-state index < -0.39 is 0 Å². The molecule has 0 aliphatic heterocycles. The van der Waals surface area contributed by atoms with Crippen LogP contribution in [0.2, 0.25) is 0 Å². The Labute approximate surface area is 192 Å². The Morgan fingerprint density at radius 2 is 1.47 bits per heavy atom. The molecule has 4 heteroatoms. The maximum absolute atomic E-state index is 12.7. The van der Waals surface area contributed by atoms with Gasteiger partial charge in [-0.1, -0.05) is 66.7 Å². The van der Waals surface area contributed by atoms with E-state index >= 15 is 0 Å². The van der Waals surface area contributed by atoms with Crippen LogP contribution in [0.1, 0.15) is 31.9 Å². The molecule has 0 saturated heterocycles. The normalized spacial score (nSPS) is 11.3. The highest BCUT2D eigenvalue weighted by atomic mass is 32.1. The van der Waals surface area contributed by atoms with E-state index in [1.807, 2.05) is 60.0 Å². The van der Waals surface area contributed by atoms with E-state index in [1.54, 1.807) is 35.6 Å². The number of nitrogens with zero attached hydrogens (tertiary/aromatic N) is 1. The van der Waals surface area contributed by atoms with Gasteiger partial charge in [0, 0.05) is 35.6 Å². The quantitative estimate of drug-likeness (QED) is 0.237. The zero-order chi connectivity index (χ0) is 22.2. The minimum absolute atomic E-state index is 0.0719. The molecule has 4 aromatic rings. The van der Waals surface area contributed by atoms with Crippen LogP contribution in [-0.2, 0) is 19.6 Å². The highest BCUT2D eigenvalue weighted by Gasteiger charge is 2.13. The fraction of sp³-hybridized carbons (Fsp3) is 0.107. The van der Waals surface area contributed by atoms with Crippen molar-refractivity contribution in [3.63, 3.8) is 0 Å². The van der Waals surface area contributed by atoms with Gasteiger partial charge in [-0.05, 0) is 52.9 Å². The van der Waals surface area contributed by atoms with Crippen molar-refractivity contribution in [2.75, 3.05) is 0 Å². The predicted molar refractivity (Wildman–Crippen MR) is 132 cm³/mol. The van der Waals surface area contributed by atoms with Crippen LogP contribution in [0.3, 0.4) is 0 Å². The van der Waals surface area contributed by atoms with Crippen molar-refractivity contribution >= 4 is 23.2 Å². The molecule has 1 N–H and O–H groups in total. The molecular formula is C28H25NO2S. The fourth-order valence-electron chi connectivity index (χ4n) is 3.60. The molecule has 1 aromatic heterocycles. The van der Waals surface area contributed by atoms with E-state index in [4.69, 9.17) is 0 Å². The van der Waals surface area contributed by atoms with Gasteiger partial charge in [0.2, 0.25) is 0 Å². The summed E-state index contributed by atoms with van der Waals surface area (Å²) in [5.74, 6) is 0.132. The number of ketones is 1. The van der Waals surface area contributed by atoms with E-state index in [9.17, 15) is 9.90 Å². The van der Waals surface area contributed by atoms with Gasteiger partial charge in [-0.15, -0.1) is 11.3 Å². The van der Waals surface area contributed by atoms with Crippen molar-refractivity contribution in [2.45, 2.75) is 19.6 Å². The SMILES string of the molecule is O=C(/C=C/c1cccs1)c1ccc(O)c(CN(Cc2ccccc2)Cc2ccccc2)c1. The fourth-order valence-corrected chi connectivity index (χ4v) is 4.22. The Morgan fingerprint density at radius 1 is 0.812 bits per heavy atom. The van der Waals surface area contributed by atoms with Gasteiger partial charge in [0.05, 0.1) is 0 Å². The molecule has 0 bridgehead atoms. The average Bonchev–Trinajstić information content (AvgIpc) is 3.34. The molecular weight excluding hydrogens is 414 g/mol. The first-order chi connectivity index (χ1) is 15.7. The lowest BCUT2D eigenvalue weighted by Crippen LogP contribution is -2.22. The van der Waals surface area contributed by atoms with Gasteiger partial charge in [0.1, 0.15) is 5.75 Å². The molecule has 160 valence electrons. The number of rotatable bonds is 9. The highest BCUT2D eigenvalue weighted by molar-refractivity contribution is 7.10. The van der Waals surface area contributed by atoms with Crippen LogP contribution in [-0.4, -0.2) is 15.8 Å². The Bertz CT molecular complexity index is 1130. The van der Waals surface area contributed by atoms with Crippen molar-refractivity contribution in [3.8, 4) is 5.75 Å². The molecule has 0 aliphatic rings. The second-order valence-electron chi connectivity index (χ2n) is 7.67. The maximum Gasteiger partial charge on any atom is 0.185 e. The van der Waals surface area contributed by atoms with Gasteiger partial charge >= 0.3 is 0 Å². The molecule has 0 saturated carbocycles.